The lowest BCUT2D eigenvalue weighted by atomic mass is 9.52. The van der Waals surface area contributed by atoms with Crippen molar-refractivity contribution in [1.29, 1.82) is 0 Å². The Labute approximate surface area is 182 Å². The predicted octanol–water partition coefficient (Wildman–Crippen LogP) is 3.15. The molecule has 0 aromatic heterocycles. The average Bonchev–Trinajstić information content (AvgIpc) is 2.67. The maximum atomic E-state index is 14.5. The number of rotatable bonds is 5. The van der Waals surface area contributed by atoms with Crippen LogP contribution in [-0.2, 0) is 9.59 Å². The lowest BCUT2D eigenvalue weighted by Gasteiger charge is -2.61. The quantitative estimate of drug-likeness (QED) is 0.684. The van der Waals surface area contributed by atoms with Gasteiger partial charge in [0.05, 0.1) is 5.54 Å². The molecule has 1 saturated heterocycles. The first-order chi connectivity index (χ1) is 14.2. The van der Waals surface area contributed by atoms with Gasteiger partial charge in [-0.05, 0) is 57.7 Å². The highest BCUT2D eigenvalue weighted by molar-refractivity contribution is 5.83. The van der Waals surface area contributed by atoms with E-state index in [9.17, 15) is 34.1 Å². The second kappa shape index (κ2) is 7.89. The SMILES string of the molecule is CC[C@]1(C(=O)O)C[N@+](C(=O)[O-])(C(C)(C)C)C[C@](CC)(C(=O)O)[C@@H]1c1cccc(F)c1C. The first-order valence-corrected chi connectivity index (χ1v) is 10.5. The summed E-state index contributed by atoms with van der Waals surface area (Å²) in [6.07, 6.45) is -1.57. The number of carboxylic acids is 2. The van der Waals surface area contributed by atoms with Crippen molar-refractivity contribution in [1.82, 2.24) is 0 Å². The largest absolute Gasteiger partial charge is 0.498 e. The Balaban J connectivity index is 3.06. The second-order valence-corrected chi connectivity index (χ2v) is 9.74. The molecule has 172 valence electrons. The van der Waals surface area contributed by atoms with Crippen LogP contribution in [0.3, 0.4) is 0 Å². The van der Waals surface area contributed by atoms with Crippen molar-refractivity contribution < 1.29 is 38.6 Å². The van der Waals surface area contributed by atoms with Crippen molar-refractivity contribution >= 4 is 18.0 Å². The number of carbonyl (C=O) groups is 3. The van der Waals surface area contributed by atoms with E-state index in [-0.39, 0.29) is 31.5 Å². The van der Waals surface area contributed by atoms with Crippen LogP contribution in [-0.4, -0.2) is 51.4 Å². The van der Waals surface area contributed by atoms with Crippen LogP contribution < -0.4 is 5.11 Å². The van der Waals surface area contributed by atoms with Crippen molar-refractivity contribution in [2.75, 3.05) is 13.1 Å². The number of amides is 1. The summed E-state index contributed by atoms with van der Waals surface area (Å²) in [7, 11) is 0. The Morgan fingerprint density at radius 3 is 1.87 bits per heavy atom. The van der Waals surface area contributed by atoms with E-state index in [0.717, 1.165) is 0 Å². The Kier molecular flexibility index (Phi) is 6.31. The van der Waals surface area contributed by atoms with Crippen LogP contribution in [0.1, 0.15) is 64.5 Å². The van der Waals surface area contributed by atoms with Gasteiger partial charge in [-0.1, -0.05) is 26.0 Å². The number of likely N-dealkylation sites (tertiary alicyclic amines) is 1. The minimum Gasteiger partial charge on any atom is -0.498 e. The molecule has 2 atom stereocenters. The van der Waals surface area contributed by atoms with E-state index in [4.69, 9.17) is 0 Å². The molecule has 0 unspecified atom stereocenters. The van der Waals surface area contributed by atoms with Gasteiger partial charge in [-0.15, -0.1) is 0 Å². The fourth-order valence-corrected chi connectivity index (χ4v) is 5.46. The maximum Gasteiger partial charge on any atom is 0.316 e. The van der Waals surface area contributed by atoms with Crippen LogP contribution in [0, 0.1) is 23.6 Å². The summed E-state index contributed by atoms with van der Waals surface area (Å²) in [5, 5.41) is 33.5. The van der Waals surface area contributed by atoms with Crippen LogP contribution >= 0.6 is 0 Å². The third-order valence-electron chi connectivity index (χ3n) is 7.58. The second-order valence-electron chi connectivity index (χ2n) is 9.74. The van der Waals surface area contributed by atoms with E-state index in [2.05, 4.69) is 0 Å². The van der Waals surface area contributed by atoms with E-state index in [1.807, 2.05) is 0 Å². The molecule has 0 aliphatic carbocycles. The Hall–Kier alpha value is -2.48. The molecule has 0 bridgehead atoms. The van der Waals surface area contributed by atoms with Gasteiger partial charge < -0.3 is 20.1 Å². The summed E-state index contributed by atoms with van der Waals surface area (Å²) in [6.45, 7) is 8.91. The number of carboxylic acid groups (broad SMARTS) is 3. The van der Waals surface area contributed by atoms with Crippen molar-refractivity contribution in [3.8, 4) is 0 Å². The highest BCUT2D eigenvalue weighted by Crippen LogP contribution is 2.59. The van der Waals surface area contributed by atoms with Crippen LogP contribution in [0.4, 0.5) is 9.18 Å². The fourth-order valence-electron chi connectivity index (χ4n) is 5.46. The number of halogens is 1. The molecule has 0 saturated carbocycles. The van der Waals surface area contributed by atoms with Gasteiger partial charge in [0.25, 0.3) is 6.09 Å². The summed E-state index contributed by atoms with van der Waals surface area (Å²) in [5.41, 5.74) is -4.10. The molecule has 1 fully saturated rings. The Morgan fingerprint density at radius 1 is 1.10 bits per heavy atom. The van der Waals surface area contributed by atoms with E-state index < -0.39 is 50.6 Å². The molecule has 1 aromatic rings. The van der Waals surface area contributed by atoms with Crippen molar-refractivity contribution in [3.05, 3.63) is 35.1 Å². The smallest absolute Gasteiger partial charge is 0.316 e. The molecule has 0 spiro atoms. The number of quaternary nitrogens is 1. The molecule has 2 N–H and O–H groups in total. The summed E-state index contributed by atoms with van der Waals surface area (Å²) >= 11 is 0. The van der Waals surface area contributed by atoms with Gasteiger partial charge in [0.2, 0.25) is 0 Å². The molecule has 1 aliphatic heterocycles. The lowest BCUT2D eigenvalue weighted by Crippen LogP contribution is -2.79. The zero-order valence-corrected chi connectivity index (χ0v) is 19.0. The Bertz CT molecular complexity index is 876. The molecular weight excluding hydrogens is 405 g/mol. The third kappa shape index (κ3) is 3.41. The fraction of sp³-hybridized carbons (Fsp3) is 0.609. The summed E-state index contributed by atoms with van der Waals surface area (Å²) in [5.74, 6) is -4.29. The molecule has 2 rings (SSSR count). The molecule has 1 aromatic carbocycles. The van der Waals surface area contributed by atoms with E-state index in [1.54, 1.807) is 40.7 Å². The number of hydrogen-bond donors (Lipinski definition) is 2. The van der Waals surface area contributed by atoms with E-state index in [0.29, 0.717) is 5.56 Å². The summed E-state index contributed by atoms with van der Waals surface area (Å²) in [4.78, 5) is 38.2. The van der Waals surface area contributed by atoms with E-state index in [1.165, 1.54) is 19.1 Å². The summed E-state index contributed by atoms with van der Waals surface area (Å²) in [6, 6.07) is 4.22. The van der Waals surface area contributed by atoms with Crippen LogP contribution in [0.25, 0.3) is 0 Å². The number of aliphatic carboxylic acids is 2. The minimum atomic E-state index is -1.77. The first kappa shape index (κ1) is 24.8. The predicted molar refractivity (Wildman–Crippen MR) is 110 cm³/mol. The van der Waals surface area contributed by atoms with Gasteiger partial charge in [0, 0.05) is 5.92 Å². The number of carbonyl (C=O) groups excluding carboxylic acids is 1. The van der Waals surface area contributed by atoms with Gasteiger partial charge in [-0.2, -0.15) is 0 Å². The molecule has 0 radical (unpaired) electrons. The summed E-state index contributed by atoms with van der Waals surface area (Å²) < 4.78 is 13.7. The zero-order chi connectivity index (χ0) is 24.0. The van der Waals surface area contributed by atoms with Gasteiger partial charge in [-0.3, -0.25) is 14.1 Å². The normalized spacial score (nSPS) is 31.3. The minimum absolute atomic E-state index is 0.0264. The van der Waals surface area contributed by atoms with Crippen LogP contribution in [0.5, 0.6) is 0 Å². The van der Waals surface area contributed by atoms with Gasteiger partial charge in [0.1, 0.15) is 29.7 Å². The molecular formula is C23H32FNO6. The molecule has 1 aliphatic rings. The zero-order valence-electron chi connectivity index (χ0n) is 19.0. The average molecular weight is 438 g/mol. The molecule has 1 heterocycles. The molecule has 8 heteroatoms. The molecule has 7 nitrogen and oxygen atoms in total. The topological polar surface area (TPSA) is 115 Å². The number of benzene rings is 1. The van der Waals surface area contributed by atoms with Crippen molar-refractivity contribution in [2.24, 2.45) is 10.8 Å². The standard InChI is InChI=1S/C23H32FNO6/c1-7-22(18(26)27)12-25(20(30)31,21(4,5)6)13-23(8-2,19(28)29)17(22)15-10-9-11-16(24)14(15)3/h9-11,17H,7-8,12-13H2,1-6H3,(H2-,26,27,28,29,30,31)/t17-,22-,23-,25+/m0/s1. The van der Waals surface area contributed by atoms with Crippen molar-refractivity contribution in [2.45, 2.75) is 65.8 Å². The van der Waals surface area contributed by atoms with Crippen molar-refractivity contribution in [3.63, 3.8) is 0 Å². The highest BCUT2D eigenvalue weighted by atomic mass is 19.1. The monoisotopic (exact) mass is 437 g/mol. The molecule has 1 amide bonds. The Morgan fingerprint density at radius 2 is 1.55 bits per heavy atom. The van der Waals surface area contributed by atoms with Gasteiger partial charge in [0.15, 0.2) is 0 Å². The highest BCUT2D eigenvalue weighted by Gasteiger charge is 2.70. The van der Waals surface area contributed by atoms with Crippen LogP contribution in [0.15, 0.2) is 18.2 Å². The first-order valence-electron chi connectivity index (χ1n) is 10.5. The molecule has 31 heavy (non-hydrogen) atoms. The number of piperidine rings is 1. The van der Waals surface area contributed by atoms with Crippen LogP contribution in [0.2, 0.25) is 0 Å². The number of hydrogen-bond acceptors (Lipinski definition) is 4. The van der Waals surface area contributed by atoms with Gasteiger partial charge >= 0.3 is 11.9 Å². The number of nitrogens with zero attached hydrogens (tertiary/aromatic N) is 1. The maximum absolute atomic E-state index is 14.5. The third-order valence-corrected chi connectivity index (χ3v) is 7.58. The van der Waals surface area contributed by atoms with Gasteiger partial charge in [-0.25, -0.2) is 4.39 Å². The lowest BCUT2D eigenvalue weighted by molar-refractivity contribution is -0.935. The van der Waals surface area contributed by atoms with E-state index >= 15 is 0 Å².